The van der Waals surface area contributed by atoms with Crippen molar-refractivity contribution in [3.63, 3.8) is 0 Å². The molecule has 38 heavy (non-hydrogen) atoms. The quantitative estimate of drug-likeness (QED) is 0.198. The number of carbonyl (C=O) groups excluding carboxylic acids is 1. The largest absolute Gasteiger partial charge is 0.371 e. The van der Waals surface area contributed by atoms with Gasteiger partial charge in [0.25, 0.3) is 5.91 Å². The molecule has 0 radical (unpaired) electrons. The third-order valence-corrected chi connectivity index (χ3v) is 9.09. The molecule has 6 nitrogen and oxygen atoms in total. The van der Waals surface area contributed by atoms with Crippen LogP contribution in [0.3, 0.4) is 0 Å². The van der Waals surface area contributed by atoms with Gasteiger partial charge in [-0.15, -0.1) is 11.8 Å². The minimum atomic E-state index is -0.112. The number of nitrogens with zero attached hydrogens (tertiary/aromatic N) is 5. The fraction of sp³-hybridized carbons (Fsp3) is 0.207. The number of hydrogen-bond donors (Lipinski definition) is 0. The van der Waals surface area contributed by atoms with Crippen molar-refractivity contribution in [3.05, 3.63) is 95.2 Å². The van der Waals surface area contributed by atoms with Crippen molar-refractivity contribution in [1.29, 1.82) is 0 Å². The molecule has 0 saturated carbocycles. The predicted molar refractivity (Wildman–Crippen MR) is 160 cm³/mol. The molecule has 1 fully saturated rings. The number of piperazine rings is 1. The van der Waals surface area contributed by atoms with Gasteiger partial charge in [-0.1, -0.05) is 53.3 Å². The van der Waals surface area contributed by atoms with Crippen LogP contribution in [0.4, 0.5) is 10.8 Å². The van der Waals surface area contributed by atoms with Crippen molar-refractivity contribution in [2.45, 2.75) is 11.8 Å². The zero-order valence-electron chi connectivity index (χ0n) is 20.9. The van der Waals surface area contributed by atoms with Crippen LogP contribution in [-0.2, 0) is 4.79 Å². The third-order valence-electron chi connectivity index (χ3n) is 6.81. The molecule has 4 aromatic rings. The molecule has 0 aliphatic carbocycles. The zero-order valence-corrected chi connectivity index (χ0v) is 23.3. The molecule has 1 saturated heterocycles. The van der Waals surface area contributed by atoms with Crippen molar-refractivity contribution in [2.75, 3.05) is 41.8 Å². The van der Waals surface area contributed by atoms with Gasteiger partial charge in [-0.25, -0.2) is 4.98 Å². The average Bonchev–Trinajstić information content (AvgIpc) is 3.53. The van der Waals surface area contributed by atoms with Crippen LogP contribution in [-0.4, -0.2) is 53.4 Å². The number of allylic oxidation sites excluding steroid dienone is 1. The van der Waals surface area contributed by atoms with Crippen LogP contribution in [0.1, 0.15) is 6.92 Å². The zero-order chi connectivity index (χ0) is 26.1. The van der Waals surface area contributed by atoms with E-state index in [4.69, 9.17) is 21.7 Å². The van der Waals surface area contributed by atoms with Gasteiger partial charge in [-0.2, -0.15) is 10.1 Å². The van der Waals surface area contributed by atoms with Gasteiger partial charge in [0.1, 0.15) is 0 Å². The number of halogens is 1. The highest BCUT2D eigenvalue weighted by atomic mass is 35.5. The van der Waals surface area contributed by atoms with Crippen LogP contribution in [0.15, 0.2) is 100 Å². The summed E-state index contributed by atoms with van der Waals surface area (Å²) in [4.78, 5) is 24.4. The number of aromatic nitrogens is 1. The van der Waals surface area contributed by atoms with Crippen LogP contribution in [0.5, 0.6) is 0 Å². The highest BCUT2D eigenvalue weighted by molar-refractivity contribution is 8.00. The molecule has 6 rings (SSSR count). The Balaban J connectivity index is 1.28. The molecule has 3 aromatic carbocycles. The normalized spacial score (nSPS) is 17.4. The predicted octanol–water partition coefficient (Wildman–Crippen LogP) is 6.54. The number of benzene rings is 3. The second kappa shape index (κ2) is 10.8. The van der Waals surface area contributed by atoms with Crippen molar-refractivity contribution < 1.29 is 4.79 Å². The van der Waals surface area contributed by atoms with Gasteiger partial charge in [0.2, 0.25) is 5.13 Å². The maximum atomic E-state index is 13.9. The Kier molecular flexibility index (Phi) is 7.10. The summed E-state index contributed by atoms with van der Waals surface area (Å²) in [6.07, 6.45) is 0. The van der Waals surface area contributed by atoms with Crippen molar-refractivity contribution in [1.82, 2.24) is 9.88 Å². The number of amides is 1. The molecule has 0 spiro atoms. The van der Waals surface area contributed by atoms with E-state index < -0.39 is 0 Å². The smallest absolute Gasteiger partial charge is 0.284 e. The van der Waals surface area contributed by atoms with E-state index in [-0.39, 0.29) is 5.91 Å². The number of para-hydroxylation sites is 2. The highest BCUT2D eigenvalue weighted by Crippen LogP contribution is 2.35. The number of thioether (sulfide) groups is 1. The van der Waals surface area contributed by atoms with Gasteiger partial charge in [0.05, 0.1) is 21.5 Å². The number of thiazole rings is 1. The van der Waals surface area contributed by atoms with Gasteiger partial charge in [0.15, 0.2) is 0 Å². The molecule has 0 N–H and O–H groups in total. The number of anilines is 2. The molecular weight excluding hydrogens is 534 g/mol. The van der Waals surface area contributed by atoms with Crippen LogP contribution in [0, 0.1) is 0 Å². The van der Waals surface area contributed by atoms with E-state index in [9.17, 15) is 4.79 Å². The summed E-state index contributed by atoms with van der Waals surface area (Å²) in [5, 5.41) is 7.62. The summed E-state index contributed by atoms with van der Waals surface area (Å²) in [7, 11) is 0. The van der Waals surface area contributed by atoms with E-state index >= 15 is 0 Å². The SMILES string of the molecule is C/C(=C1\C(=O)N(c2nc3ccccc3s2)N=C1CSc1ccc(Cl)cc1)N1CCN(c2ccccc2)CC1. The van der Waals surface area contributed by atoms with Crippen LogP contribution >= 0.6 is 34.7 Å². The van der Waals surface area contributed by atoms with Gasteiger partial charge in [-0.3, -0.25) is 4.79 Å². The summed E-state index contributed by atoms with van der Waals surface area (Å²) < 4.78 is 1.04. The topological polar surface area (TPSA) is 52.0 Å². The van der Waals surface area contributed by atoms with Gasteiger partial charge < -0.3 is 9.80 Å². The molecule has 3 heterocycles. The minimum absolute atomic E-state index is 0.112. The van der Waals surface area contributed by atoms with Crippen LogP contribution < -0.4 is 9.91 Å². The molecule has 0 unspecified atom stereocenters. The average molecular weight is 560 g/mol. The first-order valence-electron chi connectivity index (χ1n) is 12.5. The third kappa shape index (κ3) is 5.04. The molecule has 2 aliphatic heterocycles. The molecular formula is C29H26ClN5OS2. The lowest BCUT2D eigenvalue weighted by molar-refractivity contribution is -0.114. The molecule has 0 atom stereocenters. The van der Waals surface area contributed by atoms with Gasteiger partial charge in [-0.05, 0) is 55.5 Å². The van der Waals surface area contributed by atoms with E-state index in [1.165, 1.54) is 22.0 Å². The summed E-state index contributed by atoms with van der Waals surface area (Å²) >= 11 is 9.21. The van der Waals surface area contributed by atoms with Gasteiger partial charge in [0, 0.05) is 53.2 Å². The number of fused-ring (bicyclic) bond motifs is 1. The van der Waals surface area contributed by atoms with Crippen LogP contribution in [0.2, 0.25) is 5.02 Å². The number of rotatable bonds is 6. The maximum absolute atomic E-state index is 13.9. The van der Waals surface area contributed by atoms with Gasteiger partial charge >= 0.3 is 0 Å². The van der Waals surface area contributed by atoms with E-state index in [0.29, 0.717) is 21.5 Å². The first-order valence-corrected chi connectivity index (χ1v) is 14.7. The van der Waals surface area contributed by atoms with E-state index in [0.717, 1.165) is 52.7 Å². The maximum Gasteiger partial charge on any atom is 0.284 e. The lowest BCUT2D eigenvalue weighted by Crippen LogP contribution is -2.46. The van der Waals surface area contributed by atoms with E-state index in [1.54, 1.807) is 11.8 Å². The molecule has 192 valence electrons. The fourth-order valence-electron chi connectivity index (χ4n) is 4.77. The lowest BCUT2D eigenvalue weighted by Gasteiger charge is -2.38. The first-order chi connectivity index (χ1) is 18.6. The van der Waals surface area contributed by atoms with Crippen LogP contribution in [0.25, 0.3) is 10.2 Å². The number of hydrogen-bond acceptors (Lipinski definition) is 7. The Hall–Kier alpha value is -3.33. The van der Waals surface area contributed by atoms with Crippen molar-refractivity contribution in [3.8, 4) is 0 Å². The van der Waals surface area contributed by atoms with Crippen molar-refractivity contribution in [2.24, 2.45) is 5.10 Å². The Morgan fingerprint density at radius 1 is 0.947 bits per heavy atom. The second-order valence-electron chi connectivity index (χ2n) is 9.14. The Bertz CT molecular complexity index is 1490. The Morgan fingerprint density at radius 2 is 1.66 bits per heavy atom. The highest BCUT2D eigenvalue weighted by Gasteiger charge is 2.36. The second-order valence-corrected chi connectivity index (χ2v) is 11.6. The molecule has 1 amide bonds. The summed E-state index contributed by atoms with van der Waals surface area (Å²) in [5.41, 5.74) is 4.54. The lowest BCUT2D eigenvalue weighted by atomic mass is 10.1. The monoisotopic (exact) mass is 559 g/mol. The molecule has 2 aliphatic rings. The summed E-state index contributed by atoms with van der Waals surface area (Å²) in [6.45, 7) is 5.54. The van der Waals surface area contributed by atoms with E-state index in [2.05, 4.69) is 41.0 Å². The Morgan fingerprint density at radius 3 is 2.39 bits per heavy atom. The molecule has 1 aromatic heterocycles. The Labute approximate surface area is 235 Å². The van der Waals surface area contributed by atoms with Crippen molar-refractivity contribution >= 4 is 67.4 Å². The standard InChI is InChI=1S/C29H26ClN5OS2/c1-20(33-15-17-34(18-16-33)22-7-3-2-4-8-22)27-25(19-37-23-13-11-21(30)12-14-23)32-35(28(27)36)29-31-24-9-5-6-10-26(24)38-29/h2-14H,15-19H2,1H3/b27-20+. The molecule has 0 bridgehead atoms. The first kappa shape index (κ1) is 25.0. The number of carbonyl (C=O) groups is 1. The minimum Gasteiger partial charge on any atom is -0.371 e. The summed E-state index contributed by atoms with van der Waals surface area (Å²) in [5.74, 6) is 0.463. The summed E-state index contributed by atoms with van der Waals surface area (Å²) in [6, 6.07) is 26.2. The fourth-order valence-corrected chi connectivity index (χ4v) is 6.65. The molecule has 9 heteroatoms. The number of hydrazone groups is 1. The van der Waals surface area contributed by atoms with E-state index in [1.807, 2.05) is 54.6 Å².